The first-order valence-electron chi connectivity index (χ1n) is 13.1. The Morgan fingerprint density at radius 3 is 2.38 bits per heavy atom. The lowest BCUT2D eigenvalue weighted by molar-refractivity contribution is -0.134. The molecule has 0 spiro atoms. The molecule has 3 N–H and O–H groups in total. The molecule has 1 aromatic carbocycles. The molecule has 37 heavy (non-hydrogen) atoms. The first-order valence-corrected chi connectivity index (χ1v) is 14.6. The maximum absolute atomic E-state index is 13.1. The molecule has 2 fully saturated rings. The molecule has 0 bridgehead atoms. The Labute approximate surface area is 236 Å². The molecule has 0 aromatic heterocycles. The second-order valence-corrected chi connectivity index (χ2v) is 12.5. The molecule has 5 rings (SSSR count). The van der Waals surface area contributed by atoms with E-state index in [1.54, 1.807) is 11.1 Å². The van der Waals surface area contributed by atoms with Crippen molar-refractivity contribution in [1.29, 1.82) is 0 Å². The third-order valence-electron chi connectivity index (χ3n) is 8.57. The Morgan fingerprint density at radius 1 is 1.03 bits per heavy atom. The zero-order valence-electron chi connectivity index (χ0n) is 20.7. The third-order valence-corrected chi connectivity index (χ3v) is 9.53. The van der Waals surface area contributed by atoms with E-state index in [9.17, 15) is 14.8 Å². The number of allylic oxidation sites excluding steroid dienone is 2. The van der Waals surface area contributed by atoms with Crippen LogP contribution in [0, 0.1) is 11.8 Å². The zero-order chi connectivity index (χ0) is 26.3. The number of hydrogen-bond acceptors (Lipinski definition) is 4. The molecule has 200 valence electrons. The number of carbonyl (C=O) groups is 2. The van der Waals surface area contributed by atoms with Gasteiger partial charge >= 0.3 is 6.03 Å². The summed E-state index contributed by atoms with van der Waals surface area (Å²) >= 11 is 16.8. The summed E-state index contributed by atoms with van der Waals surface area (Å²) in [6, 6.07) is 3.24. The normalized spacial score (nSPS) is 25.1. The summed E-state index contributed by atoms with van der Waals surface area (Å²) in [5.41, 5.74) is 8.78. The molecule has 2 unspecified atom stereocenters. The van der Waals surface area contributed by atoms with Crippen molar-refractivity contribution in [2.45, 2.75) is 56.9 Å². The van der Waals surface area contributed by atoms with E-state index in [0.717, 1.165) is 54.1 Å². The van der Waals surface area contributed by atoms with Crippen LogP contribution in [-0.2, 0) is 11.2 Å². The SMILES string of the molecule is NC(=O)N1CCC(CC(=O)N2CCC(C3c4c(Cl)cc(Cl)cc4CCC4=CC(Br)=CN(O)C43)CC2)CC1. The van der Waals surface area contributed by atoms with E-state index in [4.69, 9.17) is 28.9 Å². The monoisotopic (exact) mass is 610 g/mol. The predicted molar refractivity (Wildman–Crippen MR) is 148 cm³/mol. The van der Waals surface area contributed by atoms with Gasteiger partial charge in [-0.3, -0.25) is 15.1 Å². The van der Waals surface area contributed by atoms with Crippen LogP contribution >= 0.6 is 39.1 Å². The topological polar surface area (TPSA) is 90.1 Å². The van der Waals surface area contributed by atoms with Crippen molar-refractivity contribution in [3.63, 3.8) is 0 Å². The summed E-state index contributed by atoms with van der Waals surface area (Å²) in [5, 5.41) is 13.7. The number of hydroxylamine groups is 2. The number of rotatable bonds is 3. The number of halogens is 3. The highest BCUT2D eigenvalue weighted by atomic mass is 79.9. The maximum Gasteiger partial charge on any atom is 0.314 e. The second kappa shape index (κ2) is 11.2. The van der Waals surface area contributed by atoms with Crippen LogP contribution in [0.4, 0.5) is 4.79 Å². The minimum absolute atomic E-state index is 0.00857. The minimum Gasteiger partial charge on any atom is -0.351 e. The third kappa shape index (κ3) is 5.68. The van der Waals surface area contributed by atoms with Gasteiger partial charge < -0.3 is 15.5 Å². The Balaban J connectivity index is 1.31. The Morgan fingerprint density at radius 2 is 1.70 bits per heavy atom. The van der Waals surface area contributed by atoms with Crippen LogP contribution in [0.15, 0.2) is 34.5 Å². The van der Waals surface area contributed by atoms with Crippen molar-refractivity contribution in [2.24, 2.45) is 17.6 Å². The molecule has 7 nitrogen and oxygen atoms in total. The Bertz CT molecular complexity index is 1130. The molecule has 4 aliphatic rings. The van der Waals surface area contributed by atoms with E-state index in [2.05, 4.69) is 22.0 Å². The first-order chi connectivity index (χ1) is 17.7. The smallest absolute Gasteiger partial charge is 0.314 e. The van der Waals surface area contributed by atoms with Gasteiger partial charge in [0.15, 0.2) is 0 Å². The van der Waals surface area contributed by atoms with Gasteiger partial charge in [0.25, 0.3) is 0 Å². The van der Waals surface area contributed by atoms with Gasteiger partial charge in [0.2, 0.25) is 5.91 Å². The van der Waals surface area contributed by atoms with Gasteiger partial charge in [-0.05, 0) is 101 Å². The fourth-order valence-corrected chi connectivity index (χ4v) is 7.85. The lowest BCUT2D eigenvalue weighted by Gasteiger charge is -2.43. The molecule has 2 saturated heterocycles. The standard InChI is InChI=1S/C27H33BrCl2N4O3/c28-20-12-19-2-1-18-13-21(29)14-22(30)24(18)25(26(19)34(37)15-20)17-5-9-32(10-6-17)23(35)11-16-3-7-33(8-4-16)27(31)36/h12-17,25-26,37H,1-11H2,(H2,31,36). The number of hydrogen-bond donors (Lipinski definition) is 2. The quantitative estimate of drug-likeness (QED) is 0.460. The molecule has 3 amide bonds. The highest BCUT2D eigenvalue weighted by Gasteiger charge is 2.42. The summed E-state index contributed by atoms with van der Waals surface area (Å²) in [6.07, 6.45) is 9.31. The average molecular weight is 612 g/mol. The molecule has 1 aliphatic carbocycles. The van der Waals surface area contributed by atoms with Crippen LogP contribution in [0.3, 0.4) is 0 Å². The van der Waals surface area contributed by atoms with Gasteiger partial charge in [-0.25, -0.2) is 4.79 Å². The summed E-state index contributed by atoms with van der Waals surface area (Å²) in [5.74, 6) is 0.731. The maximum atomic E-state index is 13.1. The van der Waals surface area contributed by atoms with Crippen LogP contribution < -0.4 is 5.73 Å². The van der Waals surface area contributed by atoms with Crippen molar-refractivity contribution < 1.29 is 14.8 Å². The number of benzene rings is 1. The van der Waals surface area contributed by atoms with Gasteiger partial charge in [-0.15, -0.1) is 0 Å². The molecule has 10 heteroatoms. The van der Waals surface area contributed by atoms with Crippen molar-refractivity contribution in [1.82, 2.24) is 14.9 Å². The minimum atomic E-state index is -0.380. The van der Waals surface area contributed by atoms with Crippen LogP contribution in [0.25, 0.3) is 0 Å². The number of nitrogens with zero attached hydrogens (tertiary/aromatic N) is 3. The summed E-state index contributed by atoms with van der Waals surface area (Å²) in [7, 11) is 0. The number of likely N-dealkylation sites (tertiary alicyclic amines) is 2. The van der Waals surface area contributed by atoms with E-state index >= 15 is 0 Å². The molecule has 1 aromatic rings. The van der Waals surface area contributed by atoms with Crippen molar-refractivity contribution in [3.8, 4) is 0 Å². The molecule has 3 aliphatic heterocycles. The number of urea groups is 1. The van der Waals surface area contributed by atoms with Gasteiger partial charge in [0.05, 0.1) is 6.04 Å². The summed E-state index contributed by atoms with van der Waals surface area (Å²) in [4.78, 5) is 28.2. The van der Waals surface area contributed by atoms with Gasteiger partial charge in [0.1, 0.15) is 0 Å². The van der Waals surface area contributed by atoms with E-state index in [-0.39, 0.29) is 29.8 Å². The zero-order valence-corrected chi connectivity index (χ0v) is 23.8. The number of carbonyl (C=O) groups excluding carboxylic acids is 2. The first kappa shape index (κ1) is 26.9. The van der Waals surface area contributed by atoms with E-state index < -0.39 is 0 Å². The number of piperidine rings is 2. The van der Waals surface area contributed by atoms with Crippen LogP contribution in [0.2, 0.25) is 10.0 Å². The predicted octanol–water partition coefficient (Wildman–Crippen LogP) is 5.68. The number of primary amides is 1. The van der Waals surface area contributed by atoms with Gasteiger partial charge in [-0.2, -0.15) is 0 Å². The Hall–Kier alpha value is -1.74. The average Bonchev–Trinajstić information content (AvgIpc) is 3.02. The van der Waals surface area contributed by atoms with Gasteiger partial charge in [0, 0.05) is 59.2 Å². The molecule has 3 heterocycles. The molecule has 2 atom stereocenters. The lowest BCUT2D eigenvalue weighted by Crippen LogP contribution is -2.46. The van der Waals surface area contributed by atoms with Gasteiger partial charge in [-0.1, -0.05) is 23.2 Å². The fourth-order valence-electron chi connectivity index (χ4n) is 6.68. The highest BCUT2D eigenvalue weighted by Crippen LogP contribution is 2.48. The molecule has 0 saturated carbocycles. The number of aryl methyl sites for hydroxylation is 1. The van der Waals surface area contributed by atoms with Crippen LogP contribution in [-0.4, -0.2) is 64.2 Å². The lowest BCUT2D eigenvalue weighted by atomic mass is 9.73. The number of fused-ring (bicyclic) bond motifs is 2. The van der Waals surface area contributed by atoms with Crippen LogP contribution in [0.1, 0.15) is 55.6 Å². The summed E-state index contributed by atoms with van der Waals surface area (Å²) in [6.45, 7) is 2.64. The largest absolute Gasteiger partial charge is 0.351 e. The number of amides is 3. The highest BCUT2D eigenvalue weighted by molar-refractivity contribution is 9.11. The molecule has 0 radical (unpaired) electrons. The van der Waals surface area contributed by atoms with Crippen molar-refractivity contribution in [2.75, 3.05) is 26.2 Å². The Kier molecular flexibility index (Phi) is 8.10. The van der Waals surface area contributed by atoms with Crippen molar-refractivity contribution in [3.05, 3.63) is 55.6 Å². The fraction of sp³-hybridized carbons (Fsp3) is 0.556. The van der Waals surface area contributed by atoms with Crippen molar-refractivity contribution >= 4 is 51.1 Å². The van der Waals surface area contributed by atoms with E-state index in [1.807, 2.05) is 17.0 Å². The number of nitrogens with two attached hydrogens (primary N) is 1. The summed E-state index contributed by atoms with van der Waals surface area (Å²) < 4.78 is 0.845. The molecular weight excluding hydrogens is 579 g/mol. The van der Waals surface area contributed by atoms with E-state index in [1.165, 1.54) is 10.6 Å². The van der Waals surface area contributed by atoms with Crippen LogP contribution in [0.5, 0.6) is 0 Å². The van der Waals surface area contributed by atoms with E-state index in [0.29, 0.717) is 48.6 Å². The molecular formula is C27H33BrCl2N4O3. The second-order valence-electron chi connectivity index (χ2n) is 10.7.